The first-order chi connectivity index (χ1) is 13.2. The second-order valence-electron chi connectivity index (χ2n) is 6.57. The molecule has 134 valence electrons. The average Bonchev–Trinajstić information content (AvgIpc) is 3.07. The largest absolute Gasteiger partial charge is 0.447 e. The van der Waals surface area contributed by atoms with E-state index >= 15 is 0 Å². The second kappa shape index (κ2) is 7.46. The normalized spacial score (nSPS) is 16.8. The molecule has 0 N–H and O–H groups in total. The van der Waals surface area contributed by atoms with Crippen molar-refractivity contribution < 1.29 is 14.3 Å². The van der Waals surface area contributed by atoms with E-state index in [2.05, 4.69) is 0 Å². The number of hydrogen-bond donors (Lipinski definition) is 0. The number of ether oxygens (including phenoxy) is 1. The summed E-state index contributed by atoms with van der Waals surface area (Å²) >= 11 is 0. The standard InChI is InChI=1S/C23H19NO3/c25-22(13-11-18-10-12-19-8-4-5-9-20(19)14-18)24-21(16-27-23(24)26)15-17-6-2-1-3-7-17/h1-14,21H,15-16H2. The van der Waals surface area contributed by atoms with Gasteiger partial charge in [-0.2, -0.15) is 0 Å². The number of rotatable bonds is 4. The van der Waals surface area contributed by atoms with Crippen molar-refractivity contribution in [1.82, 2.24) is 4.90 Å². The summed E-state index contributed by atoms with van der Waals surface area (Å²) in [4.78, 5) is 25.9. The molecule has 3 aromatic carbocycles. The smallest absolute Gasteiger partial charge is 0.417 e. The van der Waals surface area contributed by atoms with Gasteiger partial charge in [-0.15, -0.1) is 0 Å². The Morgan fingerprint density at radius 3 is 2.56 bits per heavy atom. The quantitative estimate of drug-likeness (QED) is 0.649. The lowest BCUT2D eigenvalue weighted by Gasteiger charge is -2.18. The number of fused-ring (bicyclic) bond motifs is 1. The molecule has 3 aromatic rings. The number of carbonyl (C=O) groups is 2. The lowest BCUT2D eigenvalue weighted by molar-refractivity contribution is -0.124. The van der Waals surface area contributed by atoms with Gasteiger partial charge in [-0.25, -0.2) is 9.69 Å². The molecule has 0 aromatic heterocycles. The van der Waals surface area contributed by atoms with Crippen molar-refractivity contribution in [2.75, 3.05) is 6.61 Å². The molecule has 0 spiro atoms. The number of amides is 2. The first-order valence-electron chi connectivity index (χ1n) is 8.91. The van der Waals surface area contributed by atoms with E-state index in [9.17, 15) is 9.59 Å². The number of imide groups is 1. The van der Waals surface area contributed by atoms with Gasteiger partial charge in [0, 0.05) is 6.08 Å². The molecule has 1 heterocycles. The van der Waals surface area contributed by atoms with Crippen LogP contribution in [0.4, 0.5) is 4.79 Å². The Hall–Kier alpha value is -3.40. The topological polar surface area (TPSA) is 46.6 Å². The van der Waals surface area contributed by atoms with Crippen molar-refractivity contribution in [2.24, 2.45) is 0 Å². The zero-order valence-corrected chi connectivity index (χ0v) is 14.7. The summed E-state index contributed by atoms with van der Waals surface area (Å²) in [6.45, 7) is 0.225. The van der Waals surface area contributed by atoms with E-state index < -0.39 is 6.09 Å². The fourth-order valence-corrected chi connectivity index (χ4v) is 3.33. The zero-order chi connectivity index (χ0) is 18.6. The van der Waals surface area contributed by atoms with Crippen LogP contribution in [0.5, 0.6) is 0 Å². The first-order valence-corrected chi connectivity index (χ1v) is 8.91. The summed E-state index contributed by atoms with van der Waals surface area (Å²) in [6, 6.07) is 23.5. The van der Waals surface area contributed by atoms with Crippen molar-refractivity contribution in [1.29, 1.82) is 0 Å². The van der Waals surface area contributed by atoms with Crippen LogP contribution in [0.25, 0.3) is 16.8 Å². The monoisotopic (exact) mass is 357 g/mol. The SMILES string of the molecule is O=C(C=Cc1ccc2ccccc2c1)N1C(=O)OCC1Cc1ccccc1. The highest BCUT2D eigenvalue weighted by Gasteiger charge is 2.36. The van der Waals surface area contributed by atoms with Gasteiger partial charge in [0.05, 0.1) is 6.04 Å². The Kier molecular flexibility index (Phi) is 4.71. The lowest BCUT2D eigenvalue weighted by Crippen LogP contribution is -2.39. The van der Waals surface area contributed by atoms with Crippen molar-refractivity contribution in [3.63, 3.8) is 0 Å². The molecule has 1 unspecified atom stereocenters. The summed E-state index contributed by atoms with van der Waals surface area (Å²) < 4.78 is 5.11. The Labute approximate surface area is 157 Å². The van der Waals surface area contributed by atoms with Crippen LogP contribution >= 0.6 is 0 Å². The van der Waals surface area contributed by atoms with Crippen LogP contribution in [0.2, 0.25) is 0 Å². The van der Waals surface area contributed by atoms with Gasteiger partial charge in [0.15, 0.2) is 0 Å². The Balaban J connectivity index is 1.51. The molecular formula is C23H19NO3. The summed E-state index contributed by atoms with van der Waals surface area (Å²) in [5.74, 6) is -0.355. The molecule has 1 saturated heterocycles. The highest BCUT2D eigenvalue weighted by molar-refractivity contribution is 6.02. The summed E-state index contributed by atoms with van der Waals surface area (Å²) in [6.07, 6.45) is 3.18. The minimum absolute atomic E-state index is 0.225. The van der Waals surface area contributed by atoms with Gasteiger partial charge < -0.3 is 4.74 Å². The molecule has 0 aliphatic carbocycles. The molecule has 1 aliphatic heterocycles. The minimum atomic E-state index is -0.580. The van der Waals surface area contributed by atoms with E-state index in [0.717, 1.165) is 21.9 Å². The molecule has 4 rings (SSSR count). The van der Waals surface area contributed by atoms with E-state index in [-0.39, 0.29) is 18.6 Å². The predicted octanol–water partition coefficient (Wildman–Crippen LogP) is 4.44. The van der Waals surface area contributed by atoms with Gasteiger partial charge in [0.2, 0.25) is 0 Å². The van der Waals surface area contributed by atoms with E-state index in [4.69, 9.17) is 4.74 Å². The van der Waals surface area contributed by atoms with Crippen LogP contribution in [0.3, 0.4) is 0 Å². The maximum Gasteiger partial charge on any atom is 0.417 e. The molecule has 0 radical (unpaired) electrons. The number of benzene rings is 3. The maximum absolute atomic E-state index is 12.6. The fourth-order valence-electron chi connectivity index (χ4n) is 3.33. The predicted molar refractivity (Wildman–Crippen MR) is 105 cm³/mol. The van der Waals surface area contributed by atoms with Gasteiger partial charge in [-0.3, -0.25) is 4.79 Å². The zero-order valence-electron chi connectivity index (χ0n) is 14.7. The minimum Gasteiger partial charge on any atom is -0.447 e. The molecule has 1 atom stereocenters. The summed E-state index contributed by atoms with van der Waals surface area (Å²) in [5, 5.41) is 2.25. The average molecular weight is 357 g/mol. The van der Waals surface area contributed by atoms with Crippen molar-refractivity contribution in [3.05, 3.63) is 90.0 Å². The van der Waals surface area contributed by atoms with Crippen molar-refractivity contribution >= 4 is 28.8 Å². The number of nitrogens with zero attached hydrogens (tertiary/aromatic N) is 1. The highest BCUT2D eigenvalue weighted by atomic mass is 16.6. The van der Waals surface area contributed by atoms with Gasteiger partial charge in [0.25, 0.3) is 5.91 Å². The molecule has 1 aliphatic rings. The van der Waals surface area contributed by atoms with Crippen LogP contribution in [0, 0.1) is 0 Å². The van der Waals surface area contributed by atoms with Crippen LogP contribution < -0.4 is 0 Å². The lowest BCUT2D eigenvalue weighted by atomic mass is 10.1. The van der Waals surface area contributed by atoms with E-state index in [1.807, 2.05) is 72.8 Å². The molecule has 1 fully saturated rings. The van der Waals surface area contributed by atoms with Crippen LogP contribution in [-0.4, -0.2) is 29.5 Å². The molecule has 4 nitrogen and oxygen atoms in total. The summed E-state index contributed by atoms with van der Waals surface area (Å²) in [5.41, 5.74) is 1.98. The van der Waals surface area contributed by atoms with E-state index in [0.29, 0.717) is 6.42 Å². The Morgan fingerprint density at radius 1 is 1.00 bits per heavy atom. The molecule has 2 amide bonds. The third-order valence-electron chi connectivity index (χ3n) is 4.70. The van der Waals surface area contributed by atoms with Crippen LogP contribution in [0.15, 0.2) is 78.9 Å². The highest BCUT2D eigenvalue weighted by Crippen LogP contribution is 2.19. The molecule has 4 heteroatoms. The number of carbonyl (C=O) groups excluding carboxylic acids is 2. The number of hydrogen-bond acceptors (Lipinski definition) is 3. The van der Waals surface area contributed by atoms with E-state index in [1.54, 1.807) is 6.08 Å². The Bertz CT molecular complexity index is 1010. The molecule has 0 saturated carbocycles. The summed E-state index contributed by atoms with van der Waals surface area (Å²) in [7, 11) is 0. The Morgan fingerprint density at radius 2 is 1.74 bits per heavy atom. The molecule has 0 bridgehead atoms. The van der Waals surface area contributed by atoms with E-state index in [1.165, 1.54) is 11.0 Å². The number of cyclic esters (lactones) is 1. The fraction of sp³-hybridized carbons (Fsp3) is 0.130. The van der Waals surface area contributed by atoms with Crippen LogP contribution in [-0.2, 0) is 16.0 Å². The van der Waals surface area contributed by atoms with Crippen LogP contribution in [0.1, 0.15) is 11.1 Å². The van der Waals surface area contributed by atoms with Gasteiger partial charge in [0.1, 0.15) is 6.61 Å². The van der Waals surface area contributed by atoms with Gasteiger partial charge in [-0.05, 0) is 40.5 Å². The maximum atomic E-state index is 12.6. The molecular weight excluding hydrogens is 338 g/mol. The third-order valence-corrected chi connectivity index (χ3v) is 4.70. The third kappa shape index (κ3) is 3.75. The van der Waals surface area contributed by atoms with Crippen molar-refractivity contribution in [3.8, 4) is 0 Å². The van der Waals surface area contributed by atoms with Gasteiger partial charge in [-0.1, -0.05) is 66.7 Å². The van der Waals surface area contributed by atoms with Crippen molar-refractivity contribution in [2.45, 2.75) is 12.5 Å². The molecule has 27 heavy (non-hydrogen) atoms. The van der Waals surface area contributed by atoms with Gasteiger partial charge >= 0.3 is 6.09 Å². The second-order valence-corrected chi connectivity index (χ2v) is 6.57. The first kappa shape index (κ1) is 17.0.